The summed E-state index contributed by atoms with van der Waals surface area (Å²) in [5, 5.41) is 0. The van der Waals surface area contributed by atoms with E-state index in [1.54, 1.807) is 0 Å². The van der Waals surface area contributed by atoms with E-state index in [0.29, 0.717) is 19.4 Å². The molecule has 0 aromatic heterocycles. The number of piperidine rings is 1. The Hall–Kier alpha value is -0.220. The molecule has 1 aliphatic heterocycles. The number of halogens is 2. The minimum Gasteiger partial charge on any atom is -0.328 e. The summed E-state index contributed by atoms with van der Waals surface area (Å²) in [7, 11) is 0. The largest absolute Gasteiger partial charge is 0.328 e. The molecular weight excluding hydrogens is 186 g/mol. The summed E-state index contributed by atoms with van der Waals surface area (Å²) in [6.07, 6.45) is 1.18. The van der Waals surface area contributed by atoms with Crippen LogP contribution >= 0.6 is 0 Å². The van der Waals surface area contributed by atoms with E-state index in [9.17, 15) is 8.78 Å². The van der Waals surface area contributed by atoms with Crippen molar-refractivity contribution in [2.45, 2.75) is 38.2 Å². The number of alkyl halides is 2. The Morgan fingerprint density at radius 3 is 2.29 bits per heavy atom. The highest BCUT2D eigenvalue weighted by molar-refractivity contribution is 4.98. The molecule has 0 aromatic carbocycles. The van der Waals surface area contributed by atoms with Crippen LogP contribution in [0.2, 0.25) is 0 Å². The molecule has 2 aliphatic rings. The Labute approximate surface area is 83.4 Å². The van der Waals surface area contributed by atoms with Gasteiger partial charge in [0.05, 0.1) is 0 Å². The lowest BCUT2D eigenvalue weighted by Gasteiger charge is -2.32. The van der Waals surface area contributed by atoms with E-state index in [1.807, 2.05) is 0 Å². The summed E-state index contributed by atoms with van der Waals surface area (Å²) in [5.74, 6) is 0. The zero-order valence-electron chi connectivity index (χ0n) is 8.38. The Morgan fingerprint density at radius 1 is 1.29 bits per heavy atom. The van der Waals surface area contributed by atoms with Crippen LogP contribution in [0.15, 0.2) is 0 Å². The van der Waals surface area contributed by atoms with E-state index in [1.165, 1.54) is 0 Å². The van der Waals surface area contributed by atoms with Gasteiger partial charge in [-0.1, -0.05) is 0 Å². The van der Waals surface area contributed by atoms with Gasteiger partial charge in [-0.15, -0.1) is 0 Å². The normalized spacial score (nSPS) is 28.3. The minimum absolute atomic E-state index is 0.285. The van der Waals surface area contributed by atoms with Gasteiger partial charge >= 0.3 is 0 Å². The van der Waals surface area contributed by atoms with E-state index in [2.05, 4.69) is 4.90 Å². The Balaban J connectivity index is 1.81. The molecule has 2 N–H and O–H groups in total. The molecular formula is C10H18F2N2. The Bertz CT molecular complexity index is 196. The van der Waals surface area contributed by atoms with Gasteiger partial charge in [-0.2, -0.15) is 0 Å². The monoisotopic (exact) mass is 204 g/mol. The van der Waals surface area contributed by atoms with Gasteiger partial charge in [0.2, 0.25) is 6.43 Å². The molecule has 2 rings (SSSR count). The number of rotatable bonds is 3. The van der Waals surface area contributed by atoms with Crippen LogP contribution in [-0.2, 0) is 0 Å². The summed E-state index contributed by atoms with van der Waals surface area (Å²) in [5.41, 5.74) is 5.11. The van der Waals surface area contributed by atoms with Crippen molar-refractivity contribution in [3.8, 4) is 0 Å². The molecule has 1 saturated heterocycles. The van der Waals surface area contributed by atoms with Crippen molar-refractivity contribution in [2.75, 3.05) is 19.6 Å². The third-order valence-electron chi connectivity index (χ3n) is 3.53. The second kappa shape index (κ2) is 3.74. The van der Waals surface area contributed by atoms with Crippen molar-refractivity contribution in [3.63, 3.8) is 0 Å². The maximum atomic E-state index is 12.7. The molecule has 1 aliphatic carbocycles. The lowest BCUT2D eigenvalue weighted by atomic mass is 10.0. The second-order valence-corrected chi connectivity index (χ2v) is 4.78. The highest BCUT2D eigenvalue weighted by atomic mass is 19.3. The zero-order valence-corrected chi connectivity index (χ0v) is 8.38. The van der Waals surface area contributed by atoms with Gasteiger partial charge in [-0.3, -0.25) is 0 Å². The molecule has 0 radical (unpaired) electrons. The molecule has 14 heavy (non-hydrogen) atoms. The number of likely N-dealkylation sites (tertiary alicyclic amines) is 1. The topological polar surface area (TPSA) is 29.3 Å². The van der Waals surface area contributed by atoms with E-state index in [4.69, 9.17) is 5.73 Å². The van der Waals surface area contributed by atoms with Gasteiger partial charge in [0.1, 0.15) is 0 Å². The standard InChI is InChI=1S/C10H18F2N2/c11-9(12)10(3-4-10)7-14-5-1-8(13)2-6-14/h8-9H,1-7,13H2. The SMILES string of the molecule is NC1CCN(CC2(C(F)F)CC2)CC1. The first-order valence-corrected chi connectivity index (χ1v) is 5.38. The first kappa shape index (κ1) is 10.3. The predicted octanol–water partition coefficient (Wildman–Crippen LogP) is 1.45. The highest BCUT2D eigenvalue weighted by Crippen LogP contribution is 2.51. The average Bonchev–Trinajstić information content (AvgIpc) is 2.90. The van der Waals surface area contributed by atoms with E-state index in [-0.39, 0.29) is 6.04 Å². The van der Waals surface area contributed by atoms with Gasteiger partial charge in [-0.25, -0.2) is 8.78 Å². The predicted molar refractivity (Wildman–Crippen MR) is 51.3 cm³/mol. The third kappa shape index (κ3) is 2.06. The van der Waals surface area contributed by atoms with Crippen LogP contribution < -0.4 is 5.73 Å². The maximum Gasteiger partial charge on any atom is 0.245 e. The third-order valence-corrected chi connectivity index (χ3v) is 3.53. The van der Waals surface area contributed by atoms with Crippen LogP contribution in [0.4, 0.5) is 8.78 Å². The highest BCUT2D eigenvalue weighted by Gasteiger charge is 2.51. The average molecular weight is 204 g/mol. The molecule has 0 unspecified atom stereocenters. The van der Waals surface area contributed by atoms with E-state index >= 15 is 0 Å². The fraction of sp³-hybridized carbons (Fsp3) is 1.00. The van der Waals surface area contributed by atoms with Crippen molar-refractivity contribution >= 4 is 0 Å². The smallest absolute Gasteiger partial charge is 0.245 e. The van der Waals surface area contributed by atoms with Gasteiger partial charge in [0.15, 0.2) is 0 Å². The van der Waals surface area contributed by atoms with Gasteiger partial charge in [0, 0.05) is 18.0 Å². The Morgan fingerprint density at radius 2 is 1.86 bits per heavy atom. The molecule has 82 valence electrons. The molecule has 0 bridgehead atoms. The van der Waals surface area contributed by atoms with Crippen LogP contribution in [0, 0.1) is 5.41 Å². The van der Waals surface area contributed by atoms with Crippen LogP contribution in [-0.4, -0.2) is 37.0 Å². The minimum atomic E-state index is -2.14. The van der Waals surface area contributed by atoms with Crippen molar-refractivity contribution in [2.24, 2.45) is 11.1 Å². The lowest BCUT2D eigenvalue weighted by molar-refractivity contribution is 0.0311. The van der Waals surface area contributed by atoms with Crippen LogP contribution in [0.5, 0.6) is 0 Å². The second-order valence-electron chi connectivity index (χ2n) is 4.78. The van der Waals surface area contributed by atoms with Gasteiger partial charge < -0.3 is 10.6 Å². The van der Waals surface area contributed by atoms with Crippen molar-refractivity contribution in [1.29, 1.82) is 0 Å². The van der Waals surface area contributed by atoms with Crippen LogP contribution in [0.3, 0.4) is 0 Å². The number of nitrogens with two attached hydrogens (primary N) is 1. The molecule has 0 amide bonds. The van der Waals surface area contributed by atoms with Crippen LogP contribution in [0.1, 0.15) is 25.7 Å². The van der Waals surface area contributed by atoms with E-state index in [0.717, 1.165) is 25.9 Å². The van der Waals surface area contributed by atoms with Crippen LogP contribution in [0.25, 0.3) is 0 Å². The fourth-order valence-corrected chi connectivity index (χ4v) is 2.16. The summed E-state index contributed by atoms with van der Waals surface area (Å²) >= 11 is 0. The molecule has 4 heteroatoms. The van der Waals surface area contributed by atoms with Gasteiger partial charge in [-0.05, 0) is 38.8 Å². The molecule has 0 aromatic rings. The molecule has 2 nitrogen and oxygen atoms in total. The van der Waals surface area contributed by atoms with Crippen molar-refractivity contribution in [3.05, 3.63) is 0 Å². The first-order valence-electron chi connectivity index (χ1n) is 5.38. The molecule has 1 saturated carbocycles. The number of hydrogen-bond donors (Lipinski definition) is 1. The number of nitrogens with zero attached hydrogens (tertiary/aromatic N) is 1. The van der Waals surface area contributed by atoms with Crippen molar-refractivity contribution < 1.29 is 8.78 Å². The molecule has 0 atom stereocenters. The summed E-state index contributed by atoms with van der Waals surface area (Å²) in [6, 6.07) is 0.285. The van der Waals surface area contributed by atoms with Gasteiger partial charge in [0.25, 0.3) is 0 Å². The number of hydrogen-bond acceptors (Lipinski definition) is 2. The molecule has 1 heterocycles. The molecule has 0 spiro atoms. The zero-order chi connectivity index (χ0) is 10.2. The first-order chi connectivity index (χ1) is 6.62. The van der Waals surface area contributed by atoms with Crippen molar-refractivity contribution in [1.82, 2.24) is 4.90 Å². The fourth-order valence-electron chi connectivity index (χ4n) is 2.16. The lowest BCUT2D eigenvalue weighted by Crippen LogP contribution is -2.43. The summed E-state index contributed by atoms with van der Waals surface area (Å²) in [6.45, 7) is 2.38. The summed E-state index contributed by atoms with van der Waals surface area (Å²) in [4.78, 5) is 2.16. The Kier molecular flexibility index (Phi) is 2.75. The van der Waals surface area contributed by atoms with E-state index < -0.39 is 11.8 Å². The molecule has 2 fully saturated rings. The quantitative estimate of drug-likeness (QED) is 0.754. The maximum absolute atomic E-state index is 12.7. The summed E-state index contributed by atoms with van der Waals surface area (Å²) < 4.78 is 25.3.